The Morgan fingerprint density at radius 2 is 1.45 bits per heavy atom. The van der Waals surface area contributed by atoms with Gasteiger partial charge in [-0.25, -0.2) is 4.79 Å². The lowest BCUT2D eigenvalue weighted by molar-refractivity contribution is -0.240. The number of aliphatic carboxylic acids is 1. The van der Waals surface area contributed by atoms with E-state index in [0.29, 0.717) is 12.8 Å². The van der Waals surface area contributed by atoms with Crippen molar-refractivity contribution in [1.29, 1.82) is 0 Å². The number of rotatable bonds is 20. The van der Waals surface area contributed by atoms with Crippen molar-refractivity contribution in [2.45, 2.75) is 130 Å². The molecular formula is C28H50O10. The van der Waals surface area contributed by atoms with E-state index < -0.39 is 60.6 Å². The Balaban J connectivity index is 5.86. The first-order valence-corrected chi connectivity index (χ1v) is 13.7. The van der Waals surface area contributed by atoms with Crippen LogP contribution in [0.25, 0.3) is 0 Å². The Morgan fingerprint density at radius 1 is 0.816 bits per heavy atom. The first-order chi connectivity index (χ1) is 17.7. The topological polar surface area (TPSA) is 160 Å². The smallest absolute Gasteiger partial charge is 0.330 e. The van der Waals surface area contributed by atoms with Crippen molar-refractivity contribution in [3.05, 3.63) is 12.2 Å². The molecule has 0 rings (SSSR count). The molecule has 0 aromatic heterocycles. The van der Waals surface area contributed by atoms with Crippen molar-refractivity contribution in [3.8, 4) is 0 Å². The van der Waals surface area contributed by atoms with Gasteiger partial charge in [0, 0.05) is 6.08 Å². The minimum absolute atomic E-state index is 0.227. The summed E-state index contributed by atoms with van der Waals surface area (Å²) in [5.41, 5.74) is 0. The predicted octanol–water partition coefficient (Wildman–Crippen LogP) is 3.59. The number of esters is 2. The van der Waals surface area contributed by atoms with Gasteiger partial charge in [-0.15, -0.1) is 0 Å². The number of aliphatic hydroxyl groups excluding tert-OH is 3. The summed E-state index contributed by atoms with van der Waals surface area (Å²) in [6.07, 6.45) is -2.08. The molecule has 4 N–H and O–H groups in total. The molecule has 0 amide bonds. The van der Waals surface area contributed by atoms with Gasteiger partial charge in [0.1, 0.15) is 12.2 Å². The number of hydrogen-bond acceptors (Lipinski definition) is 9. The van der Waals surface area contributed by atoms with Gasteiger partial charge in [0.2, 0.25) is 0 Å². The molecule has 0 aliphatic rings. The molecular weight excluding hydrogens is 496 g/mol. The molecule has 0 aliphatic carbocycles. The first-order valence-electron chi connectivity index (χ1n) is 13.7. The van der Waals surface area contributed by atoms with Crippen molar-refractivity contribution in [2.24, 2.45) is 17.8 Å². The van der Waals surface area contributed by atoms with Gasteiger partial charge in [-0.05, 0) is 30.6 Å². The number of ether oxygens (including phenoxy) is 3. The average molecular weight is 547 g/mol. The number of hydrogen-bond donors (Lipinski definition) is 4. The van der Waals surface area contributed by atoms with E-state index in [2.05, 4.69) is 6.92 Å². The highest BCUT2D eigenvalue weighted by Gasteiger charge is 2.39. The van der Waals surface area contributed by atoms with Gasteiger partial charge < -0.3 is 34.6 Å². The summed E-state index contributed by atoms with van der Waals surface area (Å²) < 4.78 is 16.5. The van der Waals surface area contributed by atoms with Crippen LogP contribution in [0.5, 0.6) is 0 Å². The first kappa shape index (κ1) is 36.0. The van der Waals surface area contributed by atoms with E-state index in [9.17, 15) is 29.7 Å². The van der Waals surface area contributed by atoms with E-state index >= 15 is 0 Å². The van der Waals surface area contributed by atoms with Crippen LogP contribution >= 0.6 is 0 Å². The lowest BCUT2D eigenvalue weighted by Crippen LogP contribution is -2.51. The van der Waals surface area contributed by atoms with Crippen LogP contribution in [-0.2, 0) is 28.6 Å². The van der Waals surface area contributed by atoms with Gasteiger partial charge in [0.05, 0.1) is 25.0 Å². The standard InChI is InChI=1S/C28H50O10/c1-8-10-12-13-19(7)21(16-24(32)36-20(17(3)4)15-22(29)30)37-28(35)27(26(34)25(33)18(5)6)38-23(31)14-11-9-2/h11,14,17-21,25-28,33-35H,8-10,12-13,15-16H2,1-7H3,(H,29,30). The van der Waals surface area contributed by atoms with Crippen molar-refractivity contribution < 1.29 is 49.0 Å². The molecule has 0 spiro atoms. The van der Waals surface area contributed by atoms with Crippen LogP contribution in [0.1, 0.15) is 93.4 Å². The Hall–Kier alpha value is -2.01. The van der Waals surface area contributed by atoms with E-state index in [4.69, 9.17) is 19.3 Å². The third-order valence-electron chi connectivity index (χ3n) is 6.37. The van der Waals surface area contributed by atoms with E-state index in [1.54, 1.807) is 33.8 Å². The summed E-state index contributed by atoms with van der Waals surface area (Å²) in [6.45, 7) is 12.5. The summed E-state index contributed by atoms with van der Waals surface area (Å²) >= 11 is 0. The molecule has 7 unspecified atom stereocenters. The largest absolute Gasteiger partial charge is 0.481 e. The van der Waals surface area contributed by atoms with Crippen molar-refractivity contribution in [2.75, 3.05) is 0 Å². The van der Waals surface area contributed by atoms with Crippen LogP contribution < -0.4 is 0 Å². The second-order valence-electron chi connectivity index (χ2n) is 10.5. The highest BCUT2D eigenvalue weighted by Crippen LogP contribution is 2.25. The maximum absolute atomic E-state index is 12.8. The molecule has 0 saturated heterocycles. The molecule has 0 aromatic carbocycles. The SMILES string of the molecule is CCC=CC(=O)OC(C(O)OC(CC(=O)OC(CC(=O)O)C(C)C)C(C)CCCCC)C(O)C(O)C(C)C. The molecule has 0 radical (unpaired) electrons. The molecule has 10 nitrogen and oxygen atoms in total. The molecule has 0 saturated carbocycles. The zero-order chi connectivity index (χ0) is 29.4. The van der Waals surface area contributed by atoms with Crippen LogP contribution in [0.4, 0.5) is 0 Å². The zero-order valence-corrected chi connectivity index (χ0v) is 24.0. The lowest BCUT2D eigenvalue weighted by Gasteiger charge is -2.34. The monoisotopic (exact) mass is 546 g/mol. The van der Waals surface area contributed by atoms with Gasteiger partial charge in [0.15, 0.2) is 12.4 Å². The van der Waals surface area contributed by atoms with Crippen LogP contribution in [0.2, 0.25) is 0 Å². The molecule has 10 heteroatoms. The summed E-state index contributed by atoms with van der Waals surface area (Å²) in [5, 5.41) is 41.2. The Labute approximate surface area is 227 Å². The molecule has 0 heterocycles. The Bertz CT molecular complexity index is 720. The zero-order valence-electron chi connectivity index (χ0n) is 24.0. The fourth-order valence-corrected chi connectivity index (χ4v) is 3.78. The van der Waals surface area contributed by atoms with Gasteiger partial charge in [-0.1, -0.05) is 73.8 Å². The number of allylic oxidation sites excluding steroid dienone is 1. The number of carbonyl (C=O) groups is 3. The molecule has 0 bridgehead atoms. The van der Waals surface area contributed by atoms with Crippen molar-refractivity contribution >= 4 is 17.9 Å². The second kappa shape index (κ2) is 19.1. The predicted molar refractivity (Wildman–Crippen MR) is 142 cm³/mol. The summed E-state index contributed by atoms with van der Waals surface area (Å²) in [7, 11) is 0. The molecule has 0 aromatic rings. The van der Waals surface area contributed by atoms with Gasteiger partial charge >= 0.3 is 17.9 Å². The highest BCUT2D eigenvalue weighted by atomic mass is 16.7. The molecule has 0 aliphatic heterocycles. The summed E-state index contributed by atoms with van der Waals surface area (Å²) in [5.74, 6) is -3.47. The summed E-state index contributed by atoms with van der Waals surface area (Å²) in [4.78, 5) is 36.2. The number of aliphatic hydroxyl groups is 3. The lowest BCUT2D eigenvalue weighted by atomic mass is 9.94. The van der Waals surface area contributed by atoms with Crippen LogP contribution in [0, 0.1) is 17.8 Å². The van der Waals surface area contributed by atoms with Crippen LogP contribution in [0.3, 0.4) is 0 Å². The second-order valence-corrected chi connectivity index (χ2v) is 10.5. The van der Waals surface area contributed by atoms with Crippen LogP contribution in [0.15, 0.2) is 12.2 Å². The van der Waals surface area contributed by atoms with E-state index in [-0.39, 0.29) is 24.7 Å². The number of unbranched alkanes of at least 4 members (excludes halogenated alkanes) is 2. The van der Waals surface area contributed by atoms with Crippen molar-refractivity contribution in [3.63, 3.8) is 0 Å². The number of carbonyl (C=O) groups excluding carboxylic acids is 2. The summed E-state index contributed by atoms with van der Waals surface area (Å²) in [6, 6.07) is 0. The maximum atomic E-state index is 12.8. The average Bonchev–Trinajstić information content (AvgIpc) is 2.83. The Kier molecular flexibility index (Phi) is 18.1. The minimum Gasteiger partial charge on any atom is -0.481 e. The van der Waals surface area contributed by atoms with E-state index in [0.717, 1.165) is 25.3 Å². The fraction of sp³-hybridized carbons (Fsp3) is 0.821. The van der Waals surface area contributed by atoms with E-state index in [1.807, 2.05) is 13.8 Å². The molecule has 38 heavy (non-hydrogen) atoms. The highest BCUT2D eigenvalue weighted by molar-refractivity contribution is 5.82. The molecule has 222 valence electrons. The molecule has 7 atom stereocenters. The fourth-order valence-electron chi connectivity index (χ4n) is 3.78. The van der Waals surface area contributed by atoms with Gasteiger partial charge in [-0.2, -0.15) is 0 Å². The molecule has 0 fully saturated rings. The van der Waals surface area contributed by atoms with Crippen molar-refractivity contribution in [1.82, 2.24) is 0 Å². The maximum Gasteiger partial charge on any atom is 0.330 e. The Morgan fingerprint density at radius 3 is 1.95 bits per heavy atom. The quantitative estimate of drug-likeness (QED) is 0.0769. The minimum atomic E-state index is -1.86. The van der Waals surface area contributed by atoms with Gasteiger partial charge in [-0.3, -0.25) is 9.59 Å². The van der Waals surface area contributed by atoms with Crippen LogP contribution in [-0.4, -0.2) is 75.1 Å². The third kappa shape index (κ3) is 14.2. The van der Waals surface area contributed by atoms with E-state index in [1.165, 1.54) is 0 Å². The van der Waals surface area contributed by atoms with Gasteiger partial charge in [0.25, 0.3) is 0 Å². The number of carboxylic acids is 1. The normalized spacial score (nSPS) is 17.6. The third-order valence-corrected chi connectivity index (χ3v) is 6.37. The number of carboxylic acid groups (broad SMARTS) is 1.